The number of allylic oxidation sites excluding steroid dienone is 1. The van der Waals surface area contributed by atoms with Gasteiger partial charge in [-0.15, -0.1) is 0 Å². The topological polar surface area (TPSA) is 120 Å². The Kier molecular flexibility index (Phi) is 8.28. The van der Waals surface area contributed by atoms with Crippen LogP contribution in [0, 0.1) is 0 Å². The molecule has 0 bridgehead atoms. The first-order chi connectivity index (χ1) is 20.2. The SMILES string of the molecule is C=CCOc1ccc([C@@H]2C(C(=O)OCC)=C(C)N=c3sc(=Cc4ccc(-c5cc(C(=O)O)ccc5Cl)o4)c(=O)n32)cc1. The Hall–Kier alpha value is -4.67. The standard InChI is InChI=1S/C31H25ClN2O7S/c1-4-14-40-20-9-6-18(7-10-20)27-26(30(38)39-5-2)17(3)33-31-34(27)28(35)25(42-31)16-21-11-13-24(41-21)22-15-19(29(36)37)8-12-23(22)32/h4,6-13,15-16,27H,1,5,14H2,2-3H3,(H,36,37)/t27-/m1/s1. The third-order valence-corrected chi connectivity index (χ3v) is 7.77. The van der Waals surface area contributed by atoms with Crippen LogP contribution in [0.15, 0.2) is 92.7 Å². The van der Waals surface area contributed by atoms with E-state index in [2.05, 4.69) is 11.6 Å². The van der Waals surface area contributed by atoms with Crippen LogP contribution in [0.25, 0.3) is 17.4 Å². The molecule has 0 radical (unpaired) electrons. The van der Waals surface area contributed by atoms with Crippen molar-refractivity contribution in [3.05, 3.63) is 120 Å². The predicted octanol–water partition coefficient (Wildman–Crippen LogP) is 4.97. The number of carbonyl (C=O) groups excluding carboxylic acids is 1. The number of rotatable bonds is 9. The Morgan fingerprint density at radius 3 is 2.64 bits per heavy atom. The van der Waals surface area contributed by atoms with E-state index >= 15 is 0 Å². The second-order valence-corrected chi connectivity index (χ2v) is 10.6. The van der Waals surface area contributed by atoms with E-state index in [0.29, 0.717) is 55.1 Å². The monoisotopic (exact) mass is 604 g/mol. The van der Waals surface area contributed by atoms with E-state index in [4.69, 9.17) is 25.5 Å². The summed E-state index contributed by atoms with van der Waals surface area (Å²) in [6.45, 7) is 7.59. The van der Waals surface area contributed by atoms with Gasteiger partial charge in [0.05, 0.1) is 39.0 Å². The maximum atomic E-state index is 13.8. The second-order valence-electron chi connectivity index (χ2n) is 9.17. The summed E-state index contributed by atoms with van der Waals surface area (Å²) in [5, 5.41) is 9.67. The van der Waals surface area contributed by atoms with E-state index in [0.717, 1.165) is 11.3 Å². The number of benzene rings is 2. The van der Waals surface area contributed by atoms with Crippen LogP contribution in [0.2, 0.25) is 5.02 Å². The zero-order valence-corrected chi connectivity index (χ0v) is 24.2. The molecule has 1 aliphatic rings. The van der Waals surface area contributed by atoms with Gasteiger partial charge in [0.25, 0.3) is 5.56 Å². The van der Waals surface area contributed by atoms with Crippen molar-refractivity contribution in [1.29, 1.82) is 0 Å². The molecule has 3 heterocycles. The number of thiazole rings is 1. The lowest BCUT2D eigenvalue weighted by atomic mass is 9.96. The molecule has 0 saturated carbocycles. The fraction of sp³-hybridized carbons (Fsp3) is 0.161. The van der Waals surface area contributed by atoms with Crippen molar-refractivity contribution < 1.29 is 28.6 Å². The Balaban J connectivity index is 1.60. The molecule has 2 aromatic heterocycles. The van der Waals surface area contributed by atoms with Gasteiger partial charge in [0.2, 0.25) is 0 Å². The summed E-state index contributed by atoms with van der Waals surface area (Å²) >= 11 is 7.46. The highest BCUT2D eigenvalue weighted by molar-refractivity contribution is 7.07. The van der Waals surface area contributed by atoms with Crippen molar-refractivity contribution >= 4 is 41.0 Å². The molecule has 1 aliphatic heterocycles. The maximum Gasteiger partial charge on any atom is 0.338 e. The van der Waals surface area contributed by atoms with Gasteiger partial charge in [-0.1, -0.05) is 47.7 Å². The molecule has 0 saturated heterocycles. The number of nitrogens with zero attached hydrogens (tertiary/aromatic N) is 2. The predicted molar refractivity (Wildman–Crippen MR) is 159 cm³/mol. The third kappa shape index (κ3) is 5.59. The van der Waals surface area contributed by atoms with Crippen molar-refractivity contribution in [2.45, 2.75) is 19.9 Å². The molecule has 214 valence electrons. The van der Waals surface area contributed by atoms with Gasteiger partial charge in [-0.3, -0.25) is 9.36 Å². The van der Waals surface area contributed by atoms with Crippen LogP contribution in [-0.4, -0.2) is 34.8 Å². The molecular formula is C31H25ClN2O7S. The summed E-state index contributed by atoms with van der Waals surface area (Å²) in [5.74, 6) is -0.326. The number of furan rings is 1. The summed E-state index contributed by atoms with van der Waals surface area (Å²) in [6.07, 6.45) is 3.22. The molecule has 0 fully saturated rings. The number of ether oxygens (including phenoxy) is 2. The molecule has 9 nitrogen and oxygen atoms in total. The maximum absolute atomic E-state index is 13.8. The van der Waals surface area contributed by atoms with Crippen LogP contribution in [0.1, 0.15) is 41.6 Å². The van der Waals surface area contributed by atoms with Gasteiger partial charge >= 0.3 is 11.9 Å². The minimum Gasteiger partial charge on any atom is -0.490 e. The van der Waals surface area contributed by atoms with Gasteiger partial charge in [-0.05, 0) is 61.9 Å². The highest BCUT2D eigenvalue weighted by Gasteiger charge is 2.33. The number of hydrogen-bond acceptors (Lipinski definition) is 8. The Morgan fingerprint density at radius 2 is 1.95 bits per heavy atom. The third-order valence-electron chi connectivity index (χ3n) is 6.46. The molecule has 0 unspecified atom stereocenters. The van der Waals surface area contributed by atoms with Crippen LogP contribution in [0.3, 0.4) is 0 Å². The molecule has 1 atom stereocenters. The van der Waals surface area contributed by atoms with Crippen LogP contribution >= 0.6 is 22.9 Å². The fourth-order valence-corrected chi connectivity index (χ4v) is 5.80. The van der Waals surface area contributed by atoms with Crippen molar-refractivity contribution in [2.24, 2.45) is 4.99 Å². The number of aromatic nitrogens is 1. The van der Waals surface area contributed by atoms with Gasteiger partial charge in [0.15, 0.2) is 4.80 Å². The molecule has 5 rings (SSSR count). The molecule has 0 spiro atoms. The summed E-state index contributed by atoms with van der Waals surface area (Å²) in [7, 11) is 0. The molecule has 4 aromatic rings. The molecule has 0 amide bonds. The average Bonchev–Trinajstić information content (AvgIpc) is 3.55. The van der Waals surface area contributed by atoms with Crippen molar-refractivity contribution in [3.63, 3.8) is 0 Å². The van der Waals surface area contributed by atoms with Crippen LogP contribution in [0.4, 0.5) is 0 Å². The highest BCUT2D eigenvalue weighted by atomic mass is 35.5. The number of carbonyl (C=O) groups is 2. The average molecular weight is 605 g/mol. The van der Waals surface area contributed by atoms with Gasteiger partial charge in [0.1, 0.15) is 23.9 Å². The van der Waals surface area contributed by atoms with E-state index < -0.39 is 18.0 Å². The number of halogens is 1. The normalized spacial score (nSPS) is 14.7. The lowest BCUT2D eigenvalue weighted by Crippen LogP contribution is -2.39. The summed E-state index contributed by atoms with van der Waals surface area (Å²) in [5.41, 5.74) is 1.50. The number of fused-ring (bicyclic) bond motifs is 1. The van der Waals surface area contributed by atoms with Gasteiger partial charge in [0, 0.05) is 11.6 Å². The number of carboxylic acid groups (broad SMARTS) is 1. The first kappa shape index (κ1) is 28.8. The largest absolute Gasteiger partial charge is 0.490 e. The van der Waals surface area contributed by atoms with Crippen molar-refractivity contribution in [1.82, 2.24) is 4.57 Å². The van der Waals surface area contributed by atoms with Crippen LogP contribution in [0.5, 0.6) is 5.75 Å². The van der Waals surface area contributed by atoms with Gasteiger partial charge in [-0.25, -0.2) is 14.6 Å². The Morgan fingerprint density at radius 1 is 1.19 bits per heavy atom. The van der Waals surface area contributed by atoms with E-state index in [1.54, 1.807) is 62.4 Å². The second kappa shape index (κ2) is 12.1. The molecular weight excluding hydrogens is 580 g/mol. The van der Waals surface area contributed by atoms with Crippen molar-refractivity contribution in [2.75, 3.05) is 13.2 Å². The summed E-state index contributed by atoms with van der Waals surface area (Å²) in [4.78, 5) is 43.3. The first-order valence-corrected chi connectivity index (χ1v) is 14.1. The van der Waals surface area contributed by atoms with E-state index in [1.165, 1.54) is 22.8 Å². The molecule has 42 heavy (non-hydrogen) atoms. The molecule has 1 N–H and O–H groups in total. The van der Waals surface area contributed by atoms with Crippen LogP contribution in [-0.2, 0) is 9.53 Å². The fourth-order valence-electron chi connectivity index (χ4n) is 4.56. The van der Waals surface area contributed by atoms with Gasteiger partial charge < -0.3 is 19.0 Å². The number of aromatic carboxylic acids is 1. The Labute approximate surface area is 248 Å². The summed E-state index contributed by atoms with van der Waals surface area (Å²) < 4.78 is 18.7. The smallest absolute Gasteiger partial charge is 0.338 e. The summed E-state index contributed by atoms with van der Waals surface area (Å²) in [6, 6.07) is 14.0. The van der Waals surface area contributed by atoms with E-state index in [9.17, 15) is 19.5 Å². The minimum absolute atomic E-state index is 0.0636. The van der Waals surface area contributed by atoms with Crippen molar-refractivity contribution in [3.8, 4) is 17.1 Å². The number of esters is 1. The number of carboxylic acids is 1. The zero-order valence-electron chi connectivity index (χ0n) is 22.6. The number of hydrogen-bond donors (Lipinski definition) is 1. The van der Waals surface area contributed by atoms with E-state index in [1.807, 2.05) is 0 Å². The lowest BCUT2D eigenvalue weighted by Gasteiger charge is -2.24. The molecule has 0 aliphatic carbocycles. The quantitative estimate of drug-likeness (QED) is 0.211. The highest BCUT2D eigenvalue weighted by Crippen LogP contribution is 2.32. The lowest BCUT2D eigenvalue weighted by molar-refractivity contribution is -0.139. The minimum atomic E-state index is -1.09. The van der Waals surface area contributed by atoms with E-state index in [-0.39, 0.29) is 23.3 Å². The molecule has 2 aromatic carbocycles. The van der Waals surface area contributed by atoms with Gasteiger partial charge in [-0.2, -0.15) is 0 Å². The Bertz CT molecular complexity index is 1920. The molecule has 11 heteroatoms. The van der Waals surface area contributed by atoms with Crippen LogP contribution < -0.4 is 19.6 Å². The zero-order chi connectivity index (χ0) is 30.0. The first-order valence-electron chi connectivity index (χ1n) is 12.9.